The van der Waals surface area contributed by atoms with Gasteiger partial charge < -0.3 is 11.1 Å². The second kappa shape index (κ2) is 6.50. The first-order valence-corrected chi connectivity index (χ1v) is 6.93. The monoisotopic (exact) mass is 289 g/mol. The van der Waals surface area contributed by atoms with Gasteiger partial charge in [-0.15, -0.1) is 23.7 Å². The molecule has 0 aromatic carbocycles. The Bertz CT molecular complexity index is 404. The van der Waals surface area contributed by atoms with Crippen LogP contribution in [0.3, 0.4) is 0 Å². The van der Waals surface area contributed by atoms with Crippen molar-refractivity contribution < 1.29 is 4.79 Å². The topological polar surface area (TPSA) is 68.0 Å². The molecular formula is C12H20ClN3OS. The molecular weight excluding hydrogens is 270 g/mol. The zero-order valence-electron chi connectivity index (χ0n) is 10.7. The zero-order valence-corrected chi connectivity index (χ0v) is 12.3. The molecule has 1 aliphatic carbocycles. The lowest BCUT2D eigenvalue weighted by Gasteiger charge is -2.14. The van der Waals surface area contributed by atoms with Crippen molar-refractivity contribution in [2.24, 2.45) is 11.7 Å². The molecule has 1 saturated carbocycles. The molecule has 0 radical (unpaired) electrons. The average Bonchev–Trinajstić information content (AvgIpc) is 3.05. The van der Waals surface area contributed by atoms with E-state index in [9.17, 15) is 4.79 Å². The Morgan fingerprint density at radius 3 is 2.83 bits per heavy atom. The van der Waals surface area contributed by atoms with E-state index in [-0.39, 0.29) is 24.2 Å². The summed E-state index contributed by atoms with van der Waals surface area (Å²) < 4.78 is 0. The number of carbonyl (C=O) groups excluding carboxylic acids is 1. The number of hydrogen-bond acceptors (Lipinski definition) is 4. The Balaban J connectivity index is 0.00000162. The first-order valence-electron chi connectivity index (χ1n) is 6.05. The highest BCUT2D eigenvalue weighted by Crippen LogP contribution is 2.40. The summed E-state index contributed by atoms with van der Waals surface area (Å²) in [5.74, 6) is 0.741. The molecule has 0 bridgehead atoms. The van der Waals surface area contributed by atoms with Gasteiger partial charge in [-0.2, -0.15) is 0 Å². The molecule has 0 spiro atoms. The fourth-order valence-electron chi connectivity index (χ4n) is 1.56. The van der Waals surface area contributed by atoms with Gasteiger partial charge in [-0.1, -0.05) is 13.8 Å². The average molecular weight is 290 g/mol. The number of rotatable bonds is 5. The van der Waals surface area contributed by atoms with Gasteiger partial charge in [0.05, 0.1) is 18.3 Å². The fourth-order valence-corrected chi connectivity index (χ4v) is 2.37. The van der Waals surface area contributed by atoms with Crippen LogP contribution < -0.4 is 11.1 Å². The van der Waals surface area contributed by atoms with Crippen molar-refractivity contribution in [2.45, 2.75) is 45.2 Å². The van der Waals surface area contributed by atoms with Crippen molar-refractivity contribution >= 4 is 29.7 Å². The van der Waals surface area contributed by atoms with E-state index < -0.39 is 6.04 Å². The van der Waals surface area contributed by atoms with E-state index in [4.69, 9.17) is 5.73 Å². The van der Waals surface area contributed by atoms with Crippen molar-refractivity contribution in [3.05, 3.63) is 16.1 Å². The van der Waals surface area contributed by atoms with Crippen molar-refractivity contribution in [2.75, 3.05) is 0 Å². The molecule has 1 amide bonds. The van der Waals surface area contributed by atoms with Gasteiger partial charge >= 0.3 is 0 Å². The van der Waals surface area contributed by atoms with Crippen molar-refractivity contribution in [1.29, 1.82) is 0 Å². The lowest BCUT2D eigenvalue weighted by atomic mass is 10.1. The van der Waals surface area contributed by atoms with Crippen LogP contribution in [0.25, 0.3) is 0 Å². The first-order chi connectivity index (χ1) is 8.08. The van der Waals surface area contributed by atoms with Gasteiger partial charge in [0.1, 0.15) is 5.01 Å². The molecule has 1 aliphatic rings. The molecule has 4 nitrogen and oxygen atoms in total. The molecule has 1 aromatic heterocycles. The van der Waals surface area contributed by atoms with Crippen molar-refractivity contribution in [1.82, 2.24) is 10.3 Å². The molecule has 2 rings (SSSR count). The number of thiazole rings is 1. The number of amides is 1. The number of nitrogens with zero attached hydrogens (tertiary/aromatic N) is 1. The van der Waals surface area contributed by atoms with E-state index in [1.54, 1.807) is 11.3 Å². The zero-order chi connectivity index (χ0) is 12.4. The summed E-state index contributed by atoms with van der Waals surface area (Å²) >= 11 is 1.61. The lowest BCUT2D eigenvalue weighted by molar-refractivity contribution is -0.123. The summed E-state index contributed by atoms with van der Waals surface area (Å²) in [6, 6.07) is -0.433. The van der Waals surface area contributed by atoms with E-state index >= 15 is 0 Å². The van der Waals surface area contributed by atoms with Crippen LogP contribution in [-0.4, -0.2) is 16.9 Å². The molecule has 3 N–H and O–H groups in total. The molecule has 6 heteroatoms. The van der Waals surface area contributed by atoms with Gasteiger partial charge in [0, 0.05) is 11.3 Å². The predicted molar refractivity (Wildman–Crippen MR) is 76.0 cm³/mol. The smallest absolute Gasteiger partial charge is 0.237 e. The summed E-state index contributed by atoms with van der Waals surface area (Å²) in [4.78, 5) is 16.2. The SMILES string of the molecule is CC(C)[C@H](N)C(=O)NCc1nc(C2CC2)cs1.Cl. The van der Waals surface area contributed by atoms with Crippen molar-refractivity contribution in [3.8, 4) is 0 Å². The van der Waals surface area contributed by atoms with Crippen molar-refractivity contribution in [3.63, 3.8) is 0 Å². The fraction of sp³-hybridized carbons (Fsp3) is 0.667. The Labute approximate surface area is 118 Å². The summed E-state index contributed by atoms with van der Waals surface area (Å²) in [6.45, 7) is 4.38. The van der Waals surface area contributed by atoms with Gasteiger partial charge in [0.25, 0.3) is 0 Å². The summed E-state index contributed by atoms with van der Waals surface area (Å²) in [5.41, 5.74) is 6.95. The van der Waals surface area contributed by atoms with Crippen LogP contribution in [0.4, 0.5) is 0 Å². The highest BCUT2D eigenvalue weighted by Gasteiger charge is 2.26. The molecule has 0 aliphatic heterocycles. The Morgan fingerprint density at radius 1 is 1.61 bits per heavy atom. The maximum Gasteiger partial charge on any atom is 0.237 e. The molecule has 0 unspecified atom stereocenters. The number of nitrogens with one attached hydrogen (secondary N) is 1. The molecule has 1 aromatic rings. The number of halogens is 1. The van der Waals surface area contributed by atoms with Crippen LogP contribution in [0, 0.1) is 5.92 Å². The highest BCUT2D eigenvalue weighted by atomic mass is 35.5. The maximum absolute atomic E-state index is 11.7. The molecule has 1 heterocycles. The number of hydrogen-bond donors (Lipinski definition) is 2. The molecule has 1 fully saturated rings. The van der Waals surface area contributed by atoms with E-state index in [0.29, 0.717) is 12.5 Å². The molecule has 102 valence electrons. The van der Waals surface area contributed by atoms with Crippen LogP contribution in [0.1, 0.15) is 43.3 Å². The molecule has 0 saturated heterocycles. The molecule has 1 atom stereocenters. The Morgan fingerprint density at radius 2 is 2.28 bits per heavy atom. The van der Waals surface area contributed by atoms with Gasteiger partial charge in [0.2, 0.25) is 5.91 Å². The summed E-state index contributed by atoms with van der Waals surface area (Å²) in [7, 11) is 0. The third-order valence-electron chi connectivity index (χ3n) is 3.00. The van der Waals surface area contributed by atoms with Crippen LogP contribution in [0.15, 0.2) is 5.38 Å². The van der Waals surface area contributed by atoms with Crippen LogP contribution in [0.5, 0.6) is 0 Å². The second-order valence-electron chi connectivity index (χ2n) is 4.93. The lowest BCUT2D eigenvalue weighted by Crippen LogP contribution is -2.43. The minimum atomic E-state index is -0.433. The first kappa shape index (κ1) is 15.4. The Kier molecular flexibility index (Phi) is 5.56. The third kappa shape index (κ3) is 3.93. The third-order valence-corrected chi connectivity index (χ3v) is 3.87. The van der Waals surface area contributed by atoms with Crippen LogP contribution in [0.2, 0.25) is 0 Å². The van der Waals surface area contributed by atoms with Crippen LogP contribution >= 0.6 is 23.7 Å². The van der Waals surface area contributed by atoms with Crippen LogP contribution in [-0.2, 0) is 11.3 Å². The summed E-state index contributed by atoms with van der Waals surface area (Å²) in [6.07, 6.45) is 2.52. The van der Waals surface area contributed by atoms with E-state index in [2.05, 4.69) is 15.7 Å². The normalized spacial score (nSPS) is 16.2. The van der Waals surface area contributed by atoms with E-state index in [0.717, 1.165) is 5.01 Å². The standard InChI is InChI=1S/C12H19N3OS.ClH/c1-7(2)11(13)12(16)14-5-10-15-9(6-17-10)8-3-4-8;/h6-8,11H,3-5,13H2,1-2H3,(H,14,16);1H/t11-;/m0./s1. The molecule has 18 heavy (non-hydrogen) atoms. The largest absolute Gasteiger partial charge is 0.348 e. The summed E-state index contributed by atoms with van der Waals surface area (Å²) in [5, 5.41) is 5.90. The number of aromatic nitrogens is 1. The minimum Gasteiger partial charge on any atom is -0.348 e. The second-order valence-corrected chi connectivity index (χ2v) is 5.87. The van der Waals surface area contributed by atoms with Gasteiger partial charge in [0.15, 0.2) is 0 Å². The Hall–Kier alpha value is -0.650. The van der Waals surface area contributed by atoms with Gasteiger partial charge in [-0.25, -0.2) is 4.98 Å². The van der Waals surface area contributed by atoms with E-state index in [1.165, 1.54) is 18.5 Å². The number of nitrogens with two attached hydrogens (primary N) is 1. The quantitative estimate of drug-likeness (QED) is 0.872. The van der Waals surface area contributed by atoms with Gasteiger partial charge in [-0.05, 0) is 18.8 Å². The number of carbonyl (C=O) groups is 1. The van der Waals surface area contributed by atoms with E-state index in [1.807, 2.05) is 13.8 Å². The maximum atomic E-state index is 11.7. The van der Waals surface area contributed by atoms with Gasteiger partial charge in [-0.3, -0.25) is 4.79 Å². The highest BCUT2D eigenvalue weighted by molar-refractivity contribution is 7.09. The minimum absolute atomic E-state index is 0. The predicted octanol–water partition coefficient (Wildman–Crippen LogP) is 2.04.